The molecule has 0 aliphatic rings. The van der Waals surface area contributed by atoms with Crippen molar-refractivity contribution in [1.82, 2.24) is 0 Å². The molecule has 0 aliphatic carbocycles. The lowest BCUT2D eigenvalue weighted by atomic mass is 9.93. The Morgan fingerprint density at radius 1 is 1.29 bits per heavy atom. The number of benzene rings is 1. The highest BCUT2D eigenvalue weighted by atomic mass is 79.9. The van der Waals surface area contributed by atoms with Gasteiger partial charge in [-0.1, -0.05) is 41.9 Å². The van der Waals surface area contributed by atoms with Gasteiger partial charge in [-0.15, -0.1) is 0 Å². The Balaban J connectivity index is 2.98. The Labute approximate surface area is 94.3 Å². The summed E-state index contributed by atoms with van der Waals surface area (Å²) < 4.78 is 1.12. The number of aliphatic hydroxyl groups is 1. The molecule has 0 aliphatic heterocycles. The Kier molecular flexibility index (Phi) is 4.63. The first-order valence-electron chi connectivity index (χ1n) is 5.12. The van der Waals surface area contributed by atoms with Crippen LogP contribution in [-0.2, 0) is 6.61 Å². The summed E-state index contributed by atoms with van der Waals surface area (Å²) in [4.78, 5) is 0. The predicted octanol–water partition coefficient (Wildman–Crippen LogP) is 3.85. The average molecular weight is 257 g/mol. The SMILES string of the molecule is CCC(CC)c1ccc(CO)cc1Br. The first-order chi connectivity index (χ1) is 6.72. The quantitative estimate of drug-likeness (QED) is 0.868. The average Bonchev–Trinajstić information content (AvgIpc) is 2.22. The van der Waals surface area contributed by atoms with Gasteiger partial charge in [-0.2, -0.15) is 0 Å². The lowest BCUT2D eigenvalue weighted by molar-refractivity contribution is 0.281. The Hall–Kier alpha value is -0.340. The van der Waals surface area contributed by atoms with Gasteiger partial charge in [-0.25, -0.2) is 0 Å². The van der Waals surface area contributed by atoms with Gasteiger partial charge in [-0.05, 0) is 36.0 Å². The Morgan fingerprint density at radius 3 is 2.36 bits per heavy atom. The zero-order valence-electron chi connectivity index (χ0n) is 8.76. The first kappa shape index (κ1) is 11.7. The third kappa shape index (κ3) is 2.58. The minimum absolute atomic E-state index is 0.113. The van der Waals surface area contributed by atoms with Crippen LogP contribution >= 0.6 is 15.9 Å². The lowest BCUT2D eigenvalue weighted by Gasteiger charge is -2.15. The van der Waals surface area contributed by atoms with Gasteiger partial charge in [0.1, 0.15) is 0 Å². The van der Waals surface area contributed by atoms with Crippen molar-refractivity contribution in [3.63, 3.8) is 0 Å². The summed E-state index contributed by atoms with van der Waals surface area (Å²) >= 11 is 3.56. The summed E-state index contributed by atoms with van der Waals surface area (Å²) in [6.45, 7) is 4.53. The molecule has 0 saturated heterocycles. The Bertz CT molecular complexity index is 292. The minimum Gasteiger partial charge on any atom is -0.392 e. The Morgan fingerprint density at radius 2 is 1.93 bits per heavy atom. The second-order valence-corrected chi connectivity index (χ2v) is 4.38. The number of aliphatic hydroxyl groups excluding tert-OH is 1. The molecule has 14 heavy (non-hydrogen) atoms. The van der Waals surface area contributed by atoms with Crippen LogP contribution in [0.15, 0.2) is 22.7 Å². The smallest absolute Gasteiger partial charge is 0.0682 e. The molecule has 2 heteroatoms. The summed E-state index contributed by atoms with van der Waals surface area (Å²) in [6, 6.07) is 6.12. The van der Waals surface area contributed by atoms with E-state index < -0.39 is 0 Å². The van der Waals surface area contributed by atoms with Crippen molar-refractivity contribution in [1.29, 1.82) is 0 Å². The van der Waals surface area contributed by atoms with Crippen LogP contribution in [-0.4, -0.2) is 5.11 Å². The van der Waals surface area contributed by atoms with Gasteiger partial charge in [-0.3, -0.25) is 0 Å². The number of hydrogen-bond acceptors (Lipinski definition) is 1. The van der Waals surface area contributed by atoms with Crippen molar-refractivity contribution in [3.05, 3.63) is 33.8 Å². The van der Waals surface area contributed by atoms with Crippen LogP contribution < -0.4 is 0 Å². The minimum atomic E-state index is 0.113. The molecule has 1 aromatic carbocycles. The standard InChI is InChI=1S/C12H17BrO/c1-3-10(4-2)11-6-5-9(8-14)7-12(11)13/h5-7,10,14H,3-4,8H2,1-2H3. The third-order valence-corrected chi connectivity index (χ3v) is 3.36. The molecule has 0 spiro atoms. The summed E-state index contributed by atoms with van der Waals surface area (Å²) in [5.74, 6) is 0.622. The first-order valence-corrected chi connectivity index (χ1v) is 5.91. The molecule has 0 amide bonds. The van der Waals surface area contributed by atoms with E-state index in [0.29, 0.717) is 5.92 Å². The highest BCUT2D eigenvalue weighted by Crippen LogP contribution is 2.30. The van der Waals surface area contributed by atoms with Gasteiger partial charge in [0.2, 0.25) is 0 Å². The maximum Gasteiger partial charge on any atom is 0.0682 e. The van der Waals surface area contributed by atoms with Crippen LogP contribution in [0.25, 0.3) is 0 Å². The lowest BCUT2D eigenvalue weighted by Crippen LogP contribution is -1.97. The van der Waals surface area contributed by atoms with Gasteiger partial charge in [0.25, 0.3) is 0 Å². The zero-order valence-corrected chi connectivity index (χ0v) is 10.3. The van der Waals surface area contributed by atoms with Gasteiger partial charge in [0.15, 0.2) is 0 Å². The van der Waals surface area contributed by atoms with Crippen LogP contribution in [0.2, 0.25) is 0 Å². The fourth-order valence-electron chi connectivity index (χ4n) is 1.73. The molecule has 0 fully saturated rings. The van der Waals surface area contributed by atoms with Crippen LogP contribution in [0.4, 0.5) is 0 Å². The molecule has 1 rings (SSSR count). The molecular formula is C12H17BrO. The molecule has 0 bridgehead atoms. The highest BCUT2D eigenvalue weighted by Gasteiger charge is 2.10. The van der Waals surface area contributed by atoms with Crippen molar-refractivity contribution >= 4 is 15.9 Å². The zero-order chi connectivity index (χ0) is 10.6. The number of rotatable bonds is 4. The molecule has 0 unspecified atom stereocenters. The van der Waals surface area contributed by atoms with E-state index >= 15 is 0 Å². The number of hydrogen-bond donors (Lipinski definition) is 1. The summed E-state index contributed by atoms with van der Waals surface area (Å²) in [7, 11) is 0. The molecular weight excluding hydrogens is 240 g/mol. The van der Waals surface area contributed by atoms with E-state index in [1.165, 1.54) is 5.56 Å². The predicted molar refractivity (Wildman–Crippen MR) is 63.4 cm³/mol. The second kappa shape index (κ2) is 5.52. The number of halogens is 1. The molecule has 0 heterocycles. The normalized spacial score (nSPS) is 10.9. The molecule has 0 atom stereocenters. The summed E-state index contributed by atoms with van der Waals surface area (Å²) in [5.41, 5.74) is 2.32. The molecule has 1 nitrogen and oxygen atoms in total. The van der Waals surface area contributed by atoms with Gasteiger partial charge in [0.05, 0.1) is 6.61 Å². The maximum atomic E-state index is 8.99. The van der Waals surface area contributed by atoms with Crippen molar-refractivity contribution in [2.75, 3.05) is 0 Å². The van der Waals surface area contributed by atoms with Crippen molar-refractivity contribution in [3.8, 4) is 0 Å². The maximum absolute atomic E-state index is 8.99. The fourth-order valence-corrected chi connectivity index (χ4v) is 2.48. The fraction of sp³-hybridized carbons (Fsp3) is 0.500. The highest BCUT2D eigenvalue weighted by molar-refractivity contribution is 9.10. The molecule has 1 aromatic rings. The van der Waals surface area contributed by atoms with Crippen LogP contribution in [0.3, 0.4) is 0 Å². The monoisotopic (exact) mass is 256 g/mol. The molecule has 0 aromatic heterocycles. The summed E-state index contributed by atoms with van der Waals surface area (Å²) in [5, 5.41) is 8.99. The van der Waals surface area contributed by atoms with E-state index in [9.17, 15) is 0 Å². The second-order valence-electron chi connectivity index (χ2n) is 3.53. The van der Waals surface area contributed by atoms with Crippen LogP contribution in [0.1, 0.15) is 43.7 Å². The van der Waals surface area contributed by atoms with Crippen LogP contribution in [0, 0.1) is 0 Å². The summed E-state index contributed by atoms with van der Waals surface area (Å²) in [6.07, 6.45) is 2.32. The van der Waals surface area contributed by atoms with Gasteiger partial charge >= 0.3 is 0 Å². The van der Waals surface area contributed by atoms with Crippen molar-refractivity contribution in [2.24, 2.45) is 0 Å². The molecule has 1 N–H and O–H groups in total. The van der Waals surface area contributed by atoms with E-state index in [2.05, 4.69) is 35.8 Å². The van der Waals surface area contributed by atoms with Crippen molar-refractivity contribution in [2.45, 2.75) is 39.2 Å². The van der Waals surface area contributed by atoms with Gasteiger partial charge in [0, 0.05) is 4.47 Å². The largest absolute Gasteiger partial charge is 0.392 e. The van der Waals surface area contributed by atoms with E-state index in [-0.39, 0.29) is 6.61 Å². The molecule has 0 saturated carbocycles. The van der Waals surface area contributed by atoms with Crippen molar-refractivity contribution < 1.29 is 5.11 Å². The topological polar surface area (TPSA) is 20.2 Å². The van der Waals surface area contributed by atoms with E-state index in [0.717, 1.165) is 22.9 Å². The molecule has 78 valence electrons. The third-order valence-electron chi connectivity index (χ3n) is 2.67. The van der Waals surface area contributed by atoms with E-state index in [4.69, 9.17) is 5.11 Å². The van der Waals surface area contributed by atoms with Crippen LogP contribution in [0.5, 0.6) is 0 Å². The van der Waals surface area contributed by atoms with E-state index in [1.807, 2.05) is 12.1 Å². The van der Waals surface area contributed by atoms with E-state index in [1.54, 1.807) is 0 Å². The molecule has 0 radical (unpaired) electrons. The van der Waals surface area contributed by atoms with Gasteiger partial charge < -0.3 is 5.11 Å².